The van der Waals surface area contributed by atoms with Crippen LogP contribution in [0.5, 0.6) is 5.75 Å². The van der Waals surface area contributed by atoms with Gasteiger partial charge in [-0.05, 0) is 42.5 Å². The van der Waals surface area contributed by atoms with E-state index in [-0.39, 0.29) is 30.5 Å². The molecule has 0 aliphatic carbocycles. The quantitative estimate of drug-likeness (QED) is 0.498. The van der Waals surface area contributed by atoms with Gasteiger partial charge in [0.05, 0.1) is 29.6 Å². The summed E-state index contributed by atoms with van der Waals surface area (Å²) in [7, 11) is -6.84. The first-order chi connectivity index (χ1) is 14.7. The van der Waals surface area contributed by atoms with Crippen molar-refractivity contribution in [2.24, 2.45) is 0 Å². The molecule has 0 N–H and O–H groups in total. The maximum Gasteiger partial charge on any atom is 0.337 e. The molecule has 0 aromatic heterocycles. The van der Waals surface area contributed by atoms with Gasteiger partial charge in [-0.1, -0.05) is 36.4 Å². The van der Waals surface area contributed by atoms with Gasteiger partial charge in [0.15, 0.2) is 0 Å². The van der Waals surface area contributed by atoms with Crippen molar-refractivity contribution in [3.05, 3.63) is 84.4 Å². The van der Waals surface area contributed by atoms with Crippen LogP contribution in [0.25, 0.3) is 0 Å². The fourth-order valence-electron chi connectivity index (χ4n) is 2.84. The molecule has 0 radical (unpaired) electrons. The molecule has 0 aliphatic rings. The zero-order valence-corrected chi connectivity index (χ0v) is 18.3. The molecule has 0 fully saturated rings. The smallest absolute Gasteiger partial charge is 0.337 e. The van der Waals surface area contributed by atoms with Gasteiger partial charge in [0.1, 0.15) is 11.4 Å². The number of carbonyl (C=O) groups is 1. The number of hydrogen-bond acceptors (Lipinski definition) is 7. The van der Waals surface area contributed by atoms with Gasteiger partial charge in [-0.15, -0.1) is 0 Å². The van der Waals surface area contributed by atoms with Crippen LogP contribution in [0.3, 0.4) is 0 Å². The van der Waals surface area contributed by atoms with Crippen LogP contribution in [0, 0.1) is 0 Å². The fraction of sp³-hybridized carbons (Fsp3) is 0.0952. The van der Waals surface area contributed by atoms with E-state index in [1.807, 2.05) is 0 Å². The maximum absolute atomic E-state index is 13.5. The highest BCUT2D eigenvalue weighted by atomic mass is 32.3. The van der Waals surface area contributed by atoms with Crippen LogP contribution < -0.4 is 8.45 Å². The van der Waals surface area contributed by atoms with Gasteiger partial charge < -0.3 is 9.47 Å². The highest BCUT2D eigenvalue weighted by molar-refractivity contribution is 8.10. The number of esters is 1. The normalized spacial score (nSPS) is 11.5. The van der Waals surface area contributed by atoms with Gasteiger partial charge in [-0.3, -0.25) is 0 Å². The molecule has 3 aromatic carbocycles. The van der Waals surface area contributed by atoms with Crippen LogP contribution in [0.15, 0.2) is 88.7 Å². The van der Waals surface area contributed by atoms with Crippen LogP contribution in [0.1, 0.15) is 10.4 Å². The van der Waals surface area contributed by atoms with Gasteiger partial charge >= 0.3 is 5.97 Å². The third-order valence-electron chi connectivity index (χ3n) is 4.32. The lowest BCUT2D eigenvalue weighted by atomic mass is 10.2. The third-order valence-corrected chi connectivity index (χ3v) is 8.50. The molecule has 31 heavy (non-hydrogen) atoms. The first kappa shape index (κ1) is 22.3. The number of rotatable bonds is 7. The van der Waals surface area contributed by atoms with Crippen molar-refractivity contribution in [1.29, 1.82) is 0 Å². The van der Waals surface area contributed by atoms with E-state index < -0.39 is 26.0 Å². The molecular weight excluding hydrogens is 442 g/mol. The molecule has 0 spiro atoms. The van der Waals surface area contributed by atoms with Gasteiger partial charge in [-0.2, -0.15) is 3.71 Å². The summed E-state index contributed by atoms with van der Waals surface area (Å²) in [6.45, 7) is 0. The van der Waals surface area contributed by atoms with Gasteiger partial charge in [0.2, 0.25) is 0 Å². The molecule has 10 heteroatoms. The molecule has 0 heterocycles. The molecule has 3 aromatic rings. The second-order valence-corrected chi connectivity index (χ2v) is 10.0. The highest BCUT2D eigenvalue weighted by Gasteiger charge is 2.39. The molecule has 8 nitrogen and oxygen atoms in total. The zero-order valence-electron chi connectivity index (χ0n) is 16.6. The number of hydrogen-bond donors (Lipinski definition) is 0. The Morgan fingerprint density at radius 1 is 0.742 bits per heavy atom. The topological polar surface area (TPSA) is 107 Å². The van der Waals surface area contributed by atoms with Crippen molar-refractivity contribution >= 4 is 31.7 Å². The summed E-state index contributed by atoms with van der Waals surface area (Å²) in [5.41, 5.74) is -0.395. The molecule has 0 aliphatic heterocycles. The largest absolute Gasteiger partial charge is 0.495 e. The van der Waals surface area contributed by atoms with E-state index in [0.717, 1.165) is 13.2 Å². The SMILES string of the molecule is COC(=O)c1ccc(OC)c(N(S(=O)(=O)c2ccccc2)S(=O)(=O)c2ccccc2)c1. The number of sulfonamides is 2. The predicted molar refractivity (Wildman–Crippen MR) is 114 cm³/mol. The van der Waals surface area contributed by atoms with Crippen LogP contribution in [0.2, 0.25) is 0 Å². The summed E-state index contributed by atoms with van der Waals surface area (Å²) < 4.78 is 64.4. The standard InChI is InChI=1S/C21H19NO7S2/c1-28-20-14-13-16(21(23)29-2)15-19(20)22(30(24,25)17-9-5-3-6-10-17)31(26,27)18-11-7-4-8-12-18/h3-15H,1-2H3. The number of nitrogens with zero attached hydrogens (tertiary/aromatic N) is 1. The molecule has 0 bridgehead atoms. The van der Waals surface area contributed by atoms with Crippen LogP contribution in [0.4, 0.5) is 5.69 Å². The molecule has 0 amide bonds. The van der Waals surface area contributed by atoms with E-state index >= 15 is 0 Å². The fourth-order valence-corrected chi connectivity index (χ4v) is 6.58. The van der Waals surface area contributed by atoms with E-state index in [4.69, 9.17) is 4.74 Å². The maximum atomic E-state index is 13.5. The minimum Gasteiger partial charge on any atom is -0.495 e. The molecular formula is C21H19NO7S2. The van der Waals surface area contributed by atoms with Crippen molar-refractivity contribution < 1.29 is 31.1 Å². The number of methoxy groups -OCH3 is 2. The molecule has 0 saturated carbocycles. The summed E-state index contributed by atoms with van der Waals surface area (Å²) in [6.07, 6.45) is 0. The minimum absolute atomic E-state index is 0.0465. The minimum atomic E-state index is -4.63. The van der Waals surface area contributed by atoms with E-state index in [9.17, 15) is 21.6 Å². The van der Waals surface area contributed by atoms with E-state index in [2.05, 4.69) is 4.74 Å². The predicted octanol–water partition coefficient (Wildman–Crippen LogP) is 3.07. The van der Waals surface area contributed by atoms with Crippen LogP contribution in [-0.2, 0) is 24.8 Å². The Morgan fingerprint density at radius 2 is 1.23 bits per heavy atom. The van der Waals surface area contributed by atoms with Crippen LogP contribution in [-0.4, -0.2) is 37.0 Å². The average Bonchev–Trinajstić information content (AvgIpc) is 2.79. The lowest BCUT2D eigenvalue weighted by Crippen LogP contribution is -2.37. The Labute approximate surface area is 180 Å². The Kier molecular flexibility index (Phi) is 6.32. The zero-order chi connectivity index (χ0) is 22.6. The number of benzene rings is 3. The summed E-state index contributed by atoms with van der Waals surface area (Å²) in [5.74, 6) is -0.829. The monoisotopic (exact) mass is 461 g/mol. The Bertz CT molecular complexity index is 1220. The Morgan fingerprint density at radius 3 is 1.65 bits per heavy atom. The van der Waals surface area contributed by atoms with Crippen molar-refractivity contribution in [3.63, 3.8) is 0 Å². The van der Waals surface area contributed by atoms with E-state index in [1.165, 1.54) is 67.8 Å². The summed E-state index contributed by atoms with van der Waals surface area (Å²) in [6, 6.07) is 18.0. The molecule has 3 rings (SSSR count). The summed E-state index contributed by atoms with van der Waals surface area (Å²) in [5, 5.41) is 0. The Balaban J connectivity index is 2.37. The summed E-state index contributed by atoms with van der Waals surface area (Å²) in [4.78, 5) is 11.5. The van der Waals surface area contributed by atoms with Crippen LogP contribution >= 0.6 is 0 Å². The molecule has 0 saturated heterocycles. The van der Waals surface area contributed by atoms with Gasteiger partial charge in [0.25, 0.3) is 20.0 Å². The first-order valence-electron chi connectivity index (χ1n) is 8.90. The second kappa shape index (κ2) is 8.78. The van der Waals surface area contributed by atoms with E-state index in [0.29, 0.717) is 0 Å². The first-order valence-corrected chi connectivity index (χ1v) is 11.8. The molecule has 0 atom stereocenters. The number of anilines is 1. The van der Waals surface area contributed by atoms with Crippen molar-refractivity contribution in [1.82, 2.24) is 0 Å². The van der Waals surface area contributed by atoms with Gasteiger partial charge in [-0.25, -0.2) is 21.6 Å². The average molecular weight is 462 g/mol. The lowest BCUT2D eigenvalue weighted by Gasteiger charge is -2.26. The number of ether oxygens (including phenoxy) is 2. The molecule has 0 unspecified atom stereocenters. The van der Waals surface area contributed by atoms with E-state index in [1.54, 1.807) is 12.1 Å². The molecule has 162 valence electrons. The van der Waals surface area contributed by atoms with Crippen molar-refractivity contribution in [2.45, 2.75) is 9.79 Å². The van der Waals surface area contributed by atoms with Crippen molar-refractivity contribution in [2.75, 3.05) is 17.9 Å². The third kappa shape index (κ3) is 4.25. The number of carbonyl (C=O) groups excluding carboxylic acids is 1. The second-order valence-electron chi connectivity index (χ2n) is 6.21. The van der Waals surface area contributed by atoms with Crippen molar-refractivity contribution in [3.8, 4) is 5.75 Å². The summed E-state index contributed by atoms with van der Waals surface area (Å²) >= 11 is 0. The lowest BCUT2D eigenvalue weighted by molar-refractivity contribution is 0.0600. The Hall–Kier alpha value is -3.37. The highest BCUT2D eigenvalue weighted by Crippen LogP contribution is 2.37. The van der Waals surface area contributed by atoms with Gasteiger partial charge in [0, 0.05) is 0 Å².